The predicted molar refractivity (Wildman–Crippen MR) is 73.0 cm³/mol. The molecule has 1 amide bonds. The van der Waals surface area contributed by atoms with Crippen molar-refractivity contribution in [2.24, 2.45) is 5.73 Å². The number of methoxy groups -OCH3 is 2. The first-order valence-electron chi connectivity index (χ1n) is 5.92. The van der Waals surface area contributed by atoms with Crippen LogP contribution in [-0.4, -0.2) is 31.5 Å². The summed E-state index contributed by atoms with van der Waals surface area (Å²) < 4.78 is 11.4. The molecule has 19 heavy (non-hydrogen) atoms. The Morgan fingerprint density at radius 2 is 2.21 bits per heavy atom. The molecule has 0 aliphatic heterocycles. The van der Waals surface area contributed by atoms with Gasteiger partial charge in [-0.05, 0) is 36.7 Å². The predicted octanol–water partition coefficient (Wildman–Crippen LogP) is 1.46. The number of ether oxygens (including phenoxy) is 2. The van der Waals surface area contributed by atoms with Crippen LogP contribution in [0.4, 0.5) is 4.79 Å². The highest BCUT2D eigenvalue weighted by Gasteiger charge is 2.11. The van der Waals surface area contributed by atoms with E-state index in [0.29, 0.717) is 6.54 Å². The van der Waals surface area contributed by atoms with Gasteiger partial charge < -0.3 is 15.2 Å². The van der Waals surface area contributed by atoms with Crippen molar-refractivity contribution < 1.29 is 14.3 Å². The molecule has 1 aromatic heterocycles. The average Bonchev–Trinajstić information content (AvgIpc) is 2.76. The minimum Gasteiger partial charge on any atom is -0.497 e. The molecule has 6 nitrogen and oxygen atoms in total. The molecule has 102 valence electrons. The fraction of sp³-hybridized carbons (Fsp3) is 0.308. The van der Waals surface area contributed by atoms with Crippen LogP contribution in [-0.2, 0) is 11.2 Å². The maximum absolute atomic E-state index is 11.3. The number of amides is 1. The van der Waals surface area contributed by atoms with E-state index in [2.05, 4.69) is 10.2 Å². The molecule has 3 N–H and O–H groups in total. The third-order valence-corrected chi connectivity index (χ3v) is 2.90. The van der Waals surface area contributed by atoms with Gasteiger partial charge in [-0.25, -0.2) is 10.2 Å². The smallest absolute Gasteiger partial charge is 0.426 e. The monoisotopic (exact) mass is 263 g/mol. The summed E-state index contributed by atoms with van der Waals surface area (Å²) in [5.74, 6) is 0.765. The second-order valence-corrected chi connectivity index (χ2v) is 4.05. The first-order valence-corrected chi connectivity index (χ1v) is 5.92. The van der Waals surface area contributed by atoms with E-state index in [0.717, 1.165) is 28.6 Å². The Kier molecular flexibility index (Phi) is 3.91. The molecule has 0 atom stereocenters. The Morgan fingerprint density at radius 1 is 1.42 bits per heavy atom. The zero-order valence-electron chi connectivity index (χ0n) is 11.0. The van der Waals surface area contributed by atoms with E-state index in [9.17, 15) is 4.79 Å². The van der Waals surface area contributed by atoms with Crippen LogP contribution >= 0.6 is 0 Å². The van der Waals surface area contributed by atoms with E-state index in [-0.39, 0.29) is 0 Å². The quantitative estimate of drug-likeness (QED) is 0.875. The fourth-order valence-corrected chi connectivity index (χ4v) is 2.00. The van der Waals surface area contributed by atoms with Crippen molar-refractivity contribution >= 4 is 17.0 Å². The summed E-state index contributed by atoms with van der Waals surface area (Å²) in [4.78, 5) is 11.3. The SMILES string of the molecule is COC(=O)Nn1cc(CCN)c2cc(OC)ccc21. The summed E-state index contributed by atoms with van der Waals surface area (Å²) in [5, 5.41) is 1.00. The first-order chi connectivity index (χ1) is 9.19. The molecule has 0 aliphatic carbocycles. The van der Waals surface area contributed by atoms with Crippen LogP contribution in [0.2, 0.25) is 0 Å². The lowest BCUT2D eigenvalue weighted by Gasteiger charge is -2.06. The van der Waals surface area contributed by atoms with Crippen LogP contribution in [0.1, 0.15) is 5.56 Å². The highest BCUT2D eigenvalue weighted by atomic mass is 16.5. The van der Waals surface area contributed by atoms with E-state index >= 15 is 0 Å². The second-order valence-electron chi connectivity index (χ2n) is 4.05. The normalized spacial score (nSPS) is 10.5. The summed E-state index contributed by atoms with van der Waals surface area (Å²) in [6, 6.07) is 5.64. The Hall–Kier alpha value is -2.21. The molecule has 6 heteroatoms. The van der Waals surface area contributed by atoms with Gasteiger partial charge >= 0.3 is 6.09 Å². The van der Waals surface area contributed by atoms with Gasteiger partial charge in [0.25, 0.3) is 0 Å². The van der Waals surface area contributed by atoms with E-state index in [4.69, 9.17) is 10.5 Å². The van der Waals surface area contributed by atoms with Crippen LogP contribution in [0.25, 0.3) is 10.9 Å². The van der Waals surface area contributed by atoms with Crippen molar-refractivity contribution in [2.75, 3.05) is 26.2 Å². The number of benzene rings is 1. The molecule has 0 unspecified atom stereocenters. The highest BCUT2D eigenvalue weighted by Crippen LogP contribution is 2.25. The number of hydrogen-bond acceptors (Lipinski definition) is 4. The van der Waals surface area contributed by atoms with Gasteiger partial charge in [0.2, 0.25) is 0 Å². The van der Waals surface area contributed by atoms with Crippen molar-refractivity contribution in [2.45, 2.75) is 6.42 Å². The third-order valence-electron chi connectivity index (χ3n) is 2.90. The minimum absolute atomic E-state index is 0.521. The van der Waals surface area contributed by atoms with Gasteiger partial charge in [0.1, 0.15) is 5.75 Å². The van der Waals surface area contributed by atoms with Gasteiger partial charge in [-0.2, -0.15) is 0 Å². The topological polar surface area (TPSA) is 78.5 Å². The molecule has 1 heterocycles. The summed E-state index contributed by atoms with van der Waals surface area (Å²) in [5.41, 5.74) is 10.1. The number of nitrogens with one attached hydrogen (secondary N) is 1. The third kappa shape index (κ3) is 2.63. The number of carbonyl (C=O) groups is 1. The summed E-state index contributed by atoms with van der Waals surface area (Å²) in [6.45, 7) is 0.536. The summed E-state index contributed by atoms with van der Waals surface area (Å²) in [7, 11) is 2.94. The number of rotatable bonds is 4. The van der Waals surface area contributed by atoms with E-state index in [1.54, 1.807) is 11.8 Å². The van der Waals surface area contributed by atoms with Crippen molar-refractivity contribution in [1.29, 1.82) is 0 Å². The Labute approximate surface area is 111 Å². The second kappa shape index (κ2) is 5.62. The van der Waals surface area contributed by atoms with Crippen LogP contribution in [0.3, 0.4) is 0 Å². The molecule has 2 aromatic rings. The lowest BCUT2D eigenvalue weighted by atomic mass is 10.1. The molecule has 0 saturated heterocycles. The standard InChI is InChI=1S/C13H17N3O3/c1-18-10-3-4-12-11(7-10)9(5-6-14)8-16(12)15-13(17)19-2/h3-4,7-8H,5-6,14H2,1-2H3,(H,15,17). The van der Waals surface area contributed by atoms with Gasteiger partial charge in [0.05, 0.1) is 19.7 Å². The molecule has 0 radical (unpaired) electrons. The number of aromatic nitrogens is 1. The maximum Gasteiger partial charge on any atom is 0.426 e. The van der Waals surface area contributed by atoms with Crippen LogP contribution in [0.15, 0.2) is 24.4 Å². The van der Waals surface area contributed by atoms with Crippen LogP contribution < -0.4 is 15.9 Å². The zero-order valence-corrected chi connectivity index (χ0v) is 11.0. The molecule has 0 spiro atoms. The van der Waals surface area contributed by atoms with E-state index in [1.807, 2.05) is 24.4 Å². The maximum atomic E-state index is 11.3. The number of nitrogens with zero attached hydrogens (tertiary/aromatic N) is 1. The number of hydrogen-bond donors (Lipinski definition) is 2. The minimum atomic E-state index is -0.521. The van der Waals surface area contributed by atoms with Crippen molar-refractivity contribution in [3.8, 4) is 5.75 Å². The Balaban J connectivity index is 2.49. The van der Waals surface area contributed by atoms with E-state index < -0.39 is 6.09 Å². The molecule has 0 bridgehead atoms. The lowest BCUT2D eigenvalue weighted by molar-refractivity contribution is 0.183. The van der Waals surface area contributed by atoms with Crippen molar-refractivity contribution in [3.63, 3.8) is 0 Å². The average molecular weight is 263 g/mol. The van der Waals surface area contributed by atoms with Gasteiger partial charge in [-0.15, -0.1) is 0 Å². The fourth-order valence-electron chi connectivity index (χ4n) is 2.00. The van der Waals surface area contributed by atoms with Crippen LogP contribution in [0.5, 0.6) is 5.75 Å². The van der Waals surface area contributed by atoms with Crippen LogP contribution in [0, 0.1) is 0 Å². The van der Waals surface area contributed by atoms with Gasteiger partial charge in [-0.1, -0.05) is 0 Å². The van der Waals surface area contributed by atoms with Gasteiger partial charge in [0, 0.05) is 11.6 Å². The lowest BCUT2D eigenvalue weighted by Crippen LogP contribution is -2.21. The molecular formula is C13H17N3O3. The van der Waals surface area contributed by atoms with E-state index in [1.165, 1.54) is 7.11 Å². The Bertz CT molecular complexity index is 592. The first kappa shape index (κ1) is 13.2. The Morgan fingerprint density at radius 3 is 2.84 bits per heavy atom. The molecular weight excluding hydrogens is 246 g/mol. The molecule has 0 aliphatic rings. The van der Waals surface area contributed by atoms with Gasteiger partial charge in [-0.3, -0.25) is 4.68 Å². The molecule has 2 rings (SSSR count). The number of nitrogens with two attached hydrogens (primary N) is 1. The number of fused-ring (bicyclic) bond motifs is 1. The van der Waals surface area contributed by atoms with Crippen molar-refractivity contribution in [3.05, 3.63) is 30.0 Å². The largest absolute Gasteiger partial charge is 0.497 e. The highest BCUT2D eigenvalue weighted by molar-refractivity contribution is 5.88. The molecule has 0 fully saturated rings. The summed E-state index contributed by atoms with van der Waals surface area (Å²) >= 11 is 0. The zero-order chi connectivity index (χ0) is 13.8. The van der Waals surface area contributed by atoms with Gasteiger partial charge in [0.15, 0.2) is 0 Å². The molecule has 1 aromatic carbocycles. The summed E-state index contributed by atoms with van der Waals surface area (Å²) in [6.07, 6.45) is 2.04. The molecule has 0 saturated carbocycles. The van der Waals surface area contributed by atoms with Crippen molar-refractivity contribution in [1.82, 2.24) is 4.68 Å². The number of carbonyl (C=O) groups excluding carboxylic acids is 1.